The molecule has 2 heterocycles. The van der Waals surface area contributed by atoms with Gasteiger partial charge in [-0.15, -0.1) is 0 Å². The van der Waals surface area contributed by atoms with E-state index >= 15 is 0 Å². The number of rotatable bonds is 2. The SMILES string of the molecule is CC(=O)N1CCC[C@@H]1c1nccnc1N(C)C. The third-order valence-corrected chi connectivity index (χ3v) is 3.10. The number of carbonyl (C=O) groups excluding carboxylic acids is 1. The molecule has 0 aromatic carbocycles. The zero-order valence-electron chi connectivity index (χ0n) is 10.6. The van der Waals surface area contributed by atoms with Gasteiger partial charge >= 0.3 is 0 Å². The fourth-order valence-electron chi connectivity index (χ4n) is 2.35. The van der Waals surface area contributed by atoms with E-state index in [1.165, 1.54) is 0 Å². The van der Waals surface area contributed by atoms with E-state index in [9.17, 15) is 4.79 Å². The summed E-state index contributed by atoms with van der Waals surface area (Å²) in [7, 11) is 3.89. The number of nitrogens with zero attached hydrogens (tertiary/aromatic N) is 4. The first-order chi connectivity index (χ1) is 8.11. The standard InChI is InChI=1S/C12H18N4O/c1-9(17)16-8-4-5-10(16)11-12(15(2)3)14-7-6-13-11/h6-7,10H,4-5,8H2,1-3H3/t10-/m1/s1. The monoisotopic (exact) mass is 234 g/mol. The van der Waals surface area contributed by atoms with Gasteiger partial charge in [-0.25, -0.2) is 4.98 Å². The molecule has 17 heavy (non-hydrogen) atoms. The fourth-order valence-corrected chi connectivity index (χ4v) is 2.35. The summed E-state index contributed by atoms with van der Waals surface area (Å²) in [5.74, 6) is 0.966. The van der Waals surface area contributed by atoms with Crippen molar-refractivity contribution in [3.8, 4) is 0 Å². The van der Waals surface area contributed by atoms with Crippen LogP contribution in [0.2, 0.25) is 0 Å². The number of hydrogen-bond donors (Lipinski definition) is 0. The molecule has 0 N–H and O–H groups in total. The summed E-state index contributed by atoms with van der Waals surface area (Å²) in [6, 6.07) is 0.0820. The second-order valence-electron chi connectivity index (χ2n) is 4.53. The Morgan fingerprint density at radius 2 is 2.12 bits per heavy atom. The predicted octanol–water partition coefficient (Wildman–Crippen LogP) is 1.23. The summed E-state index contributed by atoms with van der Waals surface area (Å²) in [5, 5.41) is 0. The maximum Gasteiger partial charge on any atom is 0.220 e. The molecule has 0 aliphatic carbocycles. The molecular formula is C12H18N4O. The van der Waals surface area contributed by atoms with Gasteiger partial charge in [0.15, 0.2) is 5.82 Å². The van der Waals surface area contributed by atoms with Crippen LogP contribution >= 0.6 is 0 Å². The van der Waals surface area contributed by atoms with Crippen LogP contribution < -0.4 is 4.90 Å². The summed E-state index contributed by atoms with van der Waals surface area (Å²) >= 11 is 0. The van der Waals surface area contributed by atoms with E-state index in [-0.39, 0.29) is 11.9 Å². The highest BCUT2D eigenvalue weighted by Gasteiger charge is 2.31. The molecule has 1 aliphatic rings. The molecule has 1 aromatic rings. The van der Waals surface area contributed by atoms with Gasteiger partial charge in [-0.05, 0) is 12.8 Å². The topological polar surface area (TPSA) is 49.3 Å². The first-order valence-corrected chi connectivity index (χ1v) is 5.86. The molecule has 1 fully saturated rings. The van der Waals surface area contributed by atoms with Crippen molar-refractivity contribution in [2.24, 2.45) is 0 Å². The predicted molar refractivity (Wildman–Crippen MR) is 65.7 cm³/mol. The molecule has 5 nitrogen and oxygen atoms in total. The minimum Gasteiger partial charge on any atom is -0.361 e. The lowest BCUT2D eigenvalue weighted by atomic mass is 10.1. The summed E-state index contributed by atoms with van der Waals surface area (Å²) in [5.41, 5.74) is 0.908. The zero-order chi connectivity index (χ0) is 12.4. The van der Waals surface area contributed by atoms with Crippen LogP contribution in [-0.4, -0.2) is 41.4 Å². The number of anilines is 1. The van der Waals surface area contributed by atoms with Crippen LogP contribution in [0.4, 0.5) is 5.82 Å². The molecule has 92 valence electrons. The van der Waals surface area contributed by atoms with Crippen LogP contribution in [0.5, 0.6) is 0 Å². The highest BCUT2D eigenvalue weighted by atomic mass is 16.2. The van der Waals surface area contributed by atoms with Crippen molar-refractivity contribution in [1.82, 2.24) is 14.9 Å². The average Bonchev–Trinajstić information content (AvgIpc) is 2.77. The average molecular weight is 234 g/mol. The molecule has 0 radical (unpaired) electrons. The largest absolute Gasteiger partial charge is 0.361 e. The third-order valence-electron chi connectivity index (χ3n) is 3.10. The lowest BCUT2D eigenvalue weighted by Crippen LogP contribution is -2.30. The summed E-state index contributed by atoms with van der Waals surface area (Å²) in [6.45, 7) is 2.44. The van der Waals surface area contributed by atoms with E-state index in [4.69, 9.17) is 0 Å². The van der Waals surface area contributed by atoms with Crippen molar-refractivity contribution in [1.29, 1.82) is 0 Å². The minimum atomic E-state index is 0.0820. The third kappa shape index (κ3) is 2.23. The Labute approximate surface area is 101 Å². The molecule has 0 spiro atoms. The van der Waals surface area contributed by atoms with Crippen molar-refractivity contribution in [3.63, 3.8) is 0 Å². The molecular weight excluding hydrogens is 216 g/mol. The molecule has 1 saturated heterocycles. The van der Waals surface area contributed by atoms with Gasteiger partial charge in [0.2, 0.25) is 5.91 Å². The van der Waals surface area contributed by atoms with Crippen LogP contribution in [0.1, 0.15) is 31.5 Å². The Balaban J connectivity index is 2.36. The molecule has 2 rings (SSSR count). The second kappa shape index (κ2) is 4.69. The van der Waals surface area contributed by atoms with E-state index in [1.54, 1.807) is 19.3 Å². The number of amides is 1. The van der Waals surface area contributed by atoms with Gasteiger partial charge in [0.1, 0.15) is 5.69 Å². The maximum atomic E-state index is 11.6. The molecule has 5 heteroatoms. The molecule has 1 atom stereocenters. The molecule has 1 aliphatic heterocycles. The highest BCUT2D eigenvalue weighted by Crippen LogP contribution is 2.34. The Hall–Kier alpha value is -1.65. The lowest BCUT2D eigenvalue weighted by molar-refractivity contribution is -0.129. The number of likely N-dealkylation sites (tertiary alicyclic amines) is 1. The number of hydrogen-bond acceptors (Lipinski definition) is 4. The molecule has 0 bridgehead atoms. The van der Waals surface area contributed by atoms with Gasteiger partial charge in [-0.1, -0.05) is 0 Å². The molecule has 1 amide bonds. The van der Waals surface area contributed by atoms with E-state index in [2.05, 4.69) is 9.97 Å². The smallest absolute Gasteiger partial charge is 0.220 e. The van der Waals surface area contributed by atoms with Gasteiger partial charge in [0.25, 0.3) is 0 Å². The normalized spacial score (nSPS) is 19.5. The first kappa shape index (κ1) is 11.8. The van der Waals surface area contributed by atoms with Crippen molar-refractivity contribution in [3.05, 3.63) is 18.1 Å². The maximum absolute atomic E-state index is 11.6. The van der Waals surface area contributed by atoms with Crippen LogP contribution in [0.15, 0.2) is 12.4 Å². The van der Waals surface area contributed by atoms with E-state index in [1.807, 2.05) is 23.9 Å². The van der Waals surface area contributed by atoms with E-state index in [0.29, 0.717) is 0 Å². The molecule has 0 saturated carbocycles. The van der Waals surface area contributed by atoms with Crippen molar-refractivity contribution >= 4 is 11.7 Å². The van der Waals surface area contributed by atoms with Crippen molar-refractivity contribution < 1.29 is 4.79 Å². The van der Waals surface area contributed by atoms with Gasteiger partial charge < -0.3 is 9.80 Å². The second-order valence-corrected chi connectivity index (χ2v) is 4.53. The van der Waals surface area contributed by atoms with Gasteiger partial charge in [0.05, 0.1) is 6.04 Å². The summed E-state index contributed by atoms with van der Waals surface area (Å²) < 4.78 is 0. The lowest BCUT2D eigenvalue weighted by Gasteiger charge is -2.25. The van der Waals surface area contributed by atoms with Crippen LogP contribution in [0, 0.1) is 0 Å². The Bertz CT molecular complexity index is 419. The quantitative estimate of drug-likeness (QED) is 0.772. The zero-order valence-corrected chi connectivity index (χ0v) is 10.6. The Morgan fingerprint density at radius 3 is 2.76 bits per heavy atom. The van der Waals surface area contributed by atoms with Crippen LogP contribution in [0.25, 0.3) is 0 Å². The van der Waals surface area contributed by atoms with E-state index < -0.39 is 0 Å². The molecule has 0 unspecified atom stereocenters. The van der Waals surface area contributed by atoms with E-state index in [0.717, 1.165) is 30.9 Å². The Kier molecular flexibility index (Phi) is 3.26. The van der Waals surface area contributed by atoms with Gasteiger partial charge in [-0.3, -0.25) is 9.78 Å². The molecule has 1 aromatic heterocycles. The van der Waals surface area contributed by atoms with Crippen LogP contribution in [-0.2, 0) is 4.79 Å². The Morgan fingerprint density at radius 1 is 1.41 bits per heavy atom. The van der Waals surface area contributed by atoms with Gasteiger partial charge in [-0.2, -0.15) is 0 Å². The first-order valence-electron chi connectivity index (χ1n) is 5.86. The minimum absolute atomic E-state index is 0.0820. The number of aromatic nitrogens is 2. The van der Waals surface area contributed by atoms with Crippen molar-refractivity contribution in [2.45, 2.75) is 25.8 Å². The summed E-state index contributed by atoms with van der Waals surface area (Å²) in [6.07, 6.45) is 5.39. The fraction of sp³-hybridized carbons (Fsp3) is 0.583. The van der Waals surface area contributed by atoms with Crippen molar-refractivity contribution in [2.75, 3.05) is 25.5 Å². The van der Waals surface area contributed by atoms with Crippen LogP contribution in [0.3, 0.4) is 0 Å². The van der Waals surface area contributed by atoms with Gasteiger partial charge in [0, 0.05) is 40.0 Å². The number of carbonyl (C=O) groups is 1. The summed E-state index contributed by atoms with van der Waals surface area (Å²) in [4.78, 5) is 24.2. The highest BCUT2D eigenvalue weighted by molar-refractivity contribution is 5.74.